The number of morpholine rings is 1. The Morgan fingerprint density at radius 2 is 1.82 bits per heavy atom. The first-order valence-corrected chi connectivity index (χ1v) is 16.0. The van der Waals surface area contributed by atoms with Crippen LogP contribution in [0.1, 0.15) is 67.2 Å². The monoisotopic (exact) mass is 616 g/mol. The van der Waals surface area contributed by atoms with Crippen LogP contribution < -0.4 is 5.01 Å². The normalized spacial score (nSPS) is 24.1. The van der Waals surface area contributed by atoms with Gasteiger partial charge in [-0.25, -0.2) is 14.2 Å². The van der Waals surface area contributed by atoms with Crippen LogP contribution in [0.25, 0.3) is 0 Å². The molecule has 4 atom stereocenters. The molecule has 44 heavy (non-hydrogen) atoms. The summed E-state index contributed by atoms with van der Waals surface area (Å²) < 4.78 is 26.0. The summed E-state index contributed by atoms with van der Waals surface area (Å²) in [6.07, 6.45) is 2.23. The second-order valence-electron chi connectivity index (χ2n) is 13.4. The highest BCUT2D eigenvalue weighted by atomic mass is 19.1. The number of ether oxygens (including phenoxy) is 2. The van der Waals surface area contributed by atoms with Crippen molar-refractivity contribution in [1.82, 2.24) is 14.7 Å². The average Bonchev–Trinajstić information content (AvgIpc) is 3.41. The molecule has 12 heteroatoms. The highest BCUT2D eigenvalue weighted by molar-refractivity contribution is 5.85. The van der Waals surface area contributed by atoms with E-state index in [4.69, 9.17) is 9.47 Å². The lowest BCUT2D eigenvalue weighted by Gasteiger charge is -2.44. The number of rotatable bonds is 9. The van der Waals surface area contributed by atoms with Gasteiger partial charge in [0.15, 0.2) is 6.04 Å². The van der Waals surface area contributed by atoms with E-state index < -0.39 is 41.6 Å². The minimum absolute atomic E-state index is 0.0457. The summed E-state index contributed by atoms with van der Waals surface area (Å²) in [6, 6.07) is 4.65. The van der Waals surface area contributed by atoms with Crippen LogP contribution in [0.3, 0.4) is 0 Å². The van der Waals surface area contributed by atoms with Gasteiger partial charge in [0.1, 0.15) is 11.4 Å². The number of amides is 3. The summed E-state index contributed by atoms with van der Waals surface area (Å²) >= 11 is 0. The van der Waals surface area contributed by atoms with Crippen LogP contribution in [-0.4, -0.2) is 102 Å². The quantitative estimate of drug-likeness (QED) is 0.390. The topological polar surface area (TPSA) is 107 Å². The molecule has 11 nitrogen and oxygen atoms in total. The lowest BCUT2D eigenvalue weighted by molar-refractivity contribution is -0.146. The Balaban J connectivity index is 1.64. The van der Waals surface area contributed by atoms with Gasteiger partial charge in [-0.15, -0.1) is 0 Å². The molecular formula is C32H49FN6O5. The second-order valence-corrected chi connectivity index (χ2v) is 13.4. The first-order valence-electron chi connectivity index (χ1n) is 16.0. The smallest absolute Gasteiger partial charge is 0.410 e. The maximum Gasteiger partial charge on any atom is 0.410 e. The largest absolute Gasteiger partial charge is 0.444 e. The number of piperidine rings is 1. The van der Waals surface area contributed by atoms with Gasteiger partial charge >= 0.3 is 6.09 Å². The van der Waals surface area contributed by atoms with Crippen molar-refractivity contribution >= 4 is 23.6 Å². The molecule has 0 saturated carbocycles. The molecule has 0 spiro atoms. The molecule has 1 aromatic carbocycles. The van der Waals surface area contributed by atoms with Crippen molar-refractivity contribution in [2.45, 2.75) is 91.0 Å². The predicted octanol–water partition coefficient (Wildman–Crippen LogP) is 4.91. The van der Waals surface area contributed by atoms with E-state index in [0.29, 0.717) is 45.7 Å². The molecule has 0 radical (unpaired) electrons. The number of para-hydroxylation sites is 1. The number of benzene rings is 1. The van der Waals surface area contributed by atoms with Gasteiger partial charge in [0.25, 0.3) is 5.91 Å². The zero-order valence-electron chi connectivity index (χ0n) is 27.1. The van der Waals surface area contributed by atoms with Crippen molar-refractivity contribution < 1.29 is 28.2 Å². The summed E-state index contributed by atoms with van der Waals surface area (Å²) in [7, 11) is 0. The lowest BCUT2D eigenvalue weighted by Crippen LogP contribution is -2.60. The molecule has 0 N–H and O–H groups in total. The number of nitrogens with zero attached hydrogens (tertiary/aromatic N) is 6. The maximum absolute atomic E-state index is 14.9. The Kier molecular flexibility index (Phi) is 11.2. The van der Waals surface area contributed by atoms with E-state index in [9.17, 15) is 18.8 Å². The van der Waals surface area contributed by atoms with Crippen molar-refractivity contribution in [3.05, 3.63) is 30.1 Å². The highest BCUT2D eigenvalue weighted by Crippen LogP contribution is 2.33. The van der Waals surface area contributed by atoms with Crippen molar-refractivity contribution in [2.24, 2.45) is 22.2 Å². The number of hydrogen-bond acceptors (Lipinski definition) is 8. The average molecular weight is 617 g/mol. The molecule has 2 unspecified atom stereocenters. The Hall–Kier alpha value is -3.28. The first kappa shape index (κ1) is 33.6. The van der Waals surface area contributed by atoms with E-state index in [-0.39, 0.29) is 36.5 Å². The van der Waals surface area contributed by atoms with Crippen LogP contribution >= 0.6 is 0 Å². The van der Waals surface area contributed by atoms with Crippen LogP contribution in [0.15, 0.2) is 34.6 Å². The maximum atomic E-state index is 14.9. The van der Waals surface area contributed by atoms with E-state index in [1.165, 1.54) is 6.07 Å². The lowest BCUT2D eigenvalue weighted by atomic mass is 9.90. The van der Waals surface area contributed by atoms with Gasteiger partial charge in [0.05, 0.1) is 36.9 Å². The van der Waals surface area contributed by atoms with Crippen LogP contribution in [0.5, 0.6) is 0 Å². The van der Waals surface area contributed by atoms with Crippen LogP contribution in [-0.2, 0) is 19.1 Å². The third-order valence-corrected chi connectivity index (χ3v) is 8.19. The SMILES string of the molecule is CCCCC1C(C(=O)N(CC(C)C)[C@H]2C[C@@H](C(=O)N3CCOCC3)CN(C(=O)OC(C)(C)C)C2)N=NN1c1ccccc1F. The van der Waals surface area contributed by atoms with E-state index >= 15 is 0 Å². The molecule has 3 heterocycles. The molecule has 4 rings (SSSR count). The van der Waals surface area contributed by atoms with E-state index in [1.54, 1.807) is 58.7 Å². The number of hydrogen-bond donors (Lipinski definition) is 0. The molecule has 1 aromatic rings. The molecule has 3 aliphatic rings. The van der Waals surface area contributed by atoms with Crippen LogP contribution in [0.4, 0.5) is 14.9 Å². The molecule has 0 aliphatic carbocycles. The number of likely N-dealkylation sites (tertiary alicyclic amines) is 1. The molecule has 2 saturated heterocycles. The van der Waals surface area contributed by atoms with Gasteiger partial charge in [-0.1, -0.05) is 51.0 Å². The van der Waals surface area contributed by atoms with Gasteiger partial charge in [-0.05, 0) is 51.7 Å². The number of unbranched alkanes of at least 4 members (excludes halogenated alkanes) is 1. The Morgan fingerprint density at radius 3 is 2.45 bits per heavy atom. The van der Waals surface area contributed by atoms with Crippen LogP contribution in [0.2, 0.25) is 0 Å². The van der Waals surface area contributed by atoms with Crippen molar-refractivity contribution in [1.29, 1.82) is 0 Å². The van der Waals surface area contributed by atoms with Crippen molar-refractivity contribution in [3.63, 3.8) is 0 Å². The number of anilines is 1. The molecule has 0 bridgehead atoms. The summed E-state index contributed by atoms with van der Waals surface area (Å²) in [5.74, 6) is -1.09. The number of halogens is 1. The van der Waals surface area contributed by atoms with Gasteiger partial charge in [0.2, 0.25) is 5.91 Å². The summed E-state index contributed by atoms with van der Waals surface area (Å²) in [4.78, 5) is 46.7. The van der Waals surface area contributed by atoms with Crippen LogP contribution in [0, 0.1) is 17.7 Å². The zero-order valence-corrected chi connectivity index (χ0v) is 27.1. The first-order chi connectivity index (χ1) is 20.9. The van der Waals surface area contributed by atoms with E-state index in [2.05, 4.69) is 17.3 Å². The summed E-state index contributed by atoms with van der Waals surface area (Å²) in [6.45, 7) is 14.3. The molecule has 2 fully saturated rings. The standard InChI is InChI=1S/C32H49FN6O5/c1-7-8-12-27-28(34-35-39(27)26-13-10-9-11-25(26)33)30(41)38(19-22(2)3)24-18-23(29(40)36-14-16-43-17-15-36)20-37(21-24)31(42)44-32(4,5)6/h9-11,13,22-24,27-28H,7-8,12,14-21H2,1-6H3/t23-,24+,27?,28?/m1/s1. The fourth-order valence-corrected chi connectivity index (χ4v) is 6.14. The van der Waals surface area contributed by atoms with Gasteiger partial charge in [0, 0.05) is 32.7 Å². The van der Waals surface area contributed by atoms with Crippen molar-refractivity contribution in [3.8, 4) is 0 Å². The molecule has 3 aliphatic heterocycles. The number of carbonyl (C=O) groups is 3. The molecule has 244 valence electrons. The fraction of sp³-hybridized carbons (Fsp3) is 0.719. The third kappa shape index (κ3) is 8.25. The number of carbonyl (C=O) groups excluding carboxylic acids is 3. The minimum atomic E-state index is -0.842. The fourth-order valence-electron chi connectivity index (χ4n) is 6.14. The Labute approximate surface area is 260 Å². The van der Waals surface area contributed by atoms with E-state index in [0.717, 1.165) is 12.8 Å². The zero-order chi connectivity index (χ0) is 32.0. The summed E-state index contributed by atoms with van der Waals surface area (Å²) in [5.41, 5.74) is -0.429. The van der Waals surface area contributed by atoms with Gasteiger partial charge in [-0.3, -0.25) is 9.59 Å². The third-order valence-electron chi connectivity index (χ3n) is 8.19. The minimum Gasteiger partial charge on any atom is -0.444 e. The Bertz CT molecular complexity index is 1180. The molecule has 0 aromatic heterocycles. The van der Waals surface area contributed by atoms with Crippen molar-refractivity contribution in [2.75, 3.05) is 50.9 Å². The molecular weight excluding hydrogens is 567 g/mol. The van der Waals surface area contributed by atoms with Gasteiger partial charge < -0.3 is 24.2 Å². The van der Waals surface area contributed by atoms with Gasteiger partial charge in [-0.2, -0.15) is 5.11 Å². The Morgan fingerprint density at radius 1 is 1.11 bits per heavy atom. The second kappa shape index (κ2) is 14.7. The molecule has 3 amide bonds. The summed E-state index contributed by atoms with van der Waals surface area (Å²) in [5, 5.41) is 10.3. The predicted molar refractivity (Wildman–Crippen MR) is 164 cm³/mol. The highest BCUT2D eigenvalue weighted by Gasteiger charge is 2.46. The van der Waals surface area contributed by atoms with E-state index in [1.807, 2.05) is 13.8 Å².